The maximum Gasteiger partial charge on any atom is 0.0572 e. The third-order valence-corrected chi connectivity index (χ3v) is 4.06. The summed E-state index contributed by atoms with van der Waals surface area (Å²) in [5.74, 6) is 0.844. The number of pyridine rings is 1. The molecule has 1 aliphatic heterocycles. The number of nitrogens with zero attached hydrogens (tertiary/aromatic N) is 2. The fourth-order valence-corrected chi connectivity index (χ4v) is 2.79. The zero-order chi connectivity index (χ0) is 13.1. The van der Waals surface area contributed by atoms with Crippen LogP contribution in [0, 0.1) is 5.92 Å². The van der Waals surface area contributed by atoms with Crippen LogP contribution in [0.2, 0.25) is 0 Å². The van der Waals surface area contributed by atoms with E-state index in [2.05, 4.69) is 42.8 Å². The summed E-state index contributed by atoms with van der Waals surface area (Å²) >= 11 is 0. The summed E-state index contributed by atoms with van der Waals surface area (Å²) in [5.41, 5.74) is 8.23. The molecule has 3 heteroatoms. The Morgan fingerprint density at radius 1 is 1.44 bits per heavy atom. The van der Waals surface area contributed by atoms with Gasteiger partial charge in [-0.1, -0.05) is 13.8 Å². The molecule has 0 aliphatic carbocycles. The Morgan fingerprint density at radius 3 is 2.78 bits per heavy atom. The molecule has 2 N–H and O–H groups in total. The SMILES string of the molecule is CC[C@@H](N)c1ccc(N2CCC(C)CC2C)cn1. The molecule has 1 aliphatic rings. The van der Waals surface area contributed by atoms with Gasteiger partial charge < -0.3 is 10.6 Å². The molecule has 1 aromatic rings. The van der Waals surface area contributed by atoms with Gasteiger partial charge in [-0.05, 0) is 44.2 Å². The van der Waals surface area contributed by atoms with Crippen LogP contribution in [-0.2, 0) is 0 Å². The van der Waals surface area contributed by atoms with E-state index in [1.165, 1.54) is 18.5 Å². The van der Waals surface area contributed by atoms with Crippen LogP contribution in [0.5, 0.6) is 0 Å². The summed E-state index contributed by atoms with van der Waals surface area (Å²) in [6.07, 6.45) is 5.47. The standard InChI is InChI=1S/C15H25N3/c1-4-14(16)15-6-5-13(10-17-15)18-8-7-11(2)9-12(18)3/h5-6,10-12,14H,4,7-9,16H2,1-3H3/t11?,12?,14-/m1/s1. The van der Waals surface area contributed by atoms with Crippen LogP contribution in [0.4, 0.5) is 5.69 Å². The lowest BCUT2D eigenvalue weighted by Gasteiger charge is -2.38. The van der Waals surface area contributed by atoms with Gasteiger partial charge in [0.05, 0.1) is 17.6 Å². The normalized spacial score (nSPS) is 26.1. The van der Waals surface area contributed by atoms with Crippen LogP contribution >= 0.6 is 0 Å². The first-order valence-corrected chi connectivity index (χ1v) is 7.10. The van der Waals surface area contributed by atoms with Crippen molar-refractivity contribution in [1.82, 2.24) is 4.98 Å². The lowest BCUT2D eigenvalue weighted by atomic mass is 9.93. The highest BCUT2D eigenvalue weighted by molar-refractivity contribution is 5.46. The molecule has 0 spiro atoms. The second-order valence-corrected chi connectivity index (χ2v) is 5.63. The first-order chi connectivity index (χ1) is 8.61. The summed E-state index contributed by atoms with van der Waals surface area (Å²) in [6.45, 7) is 7.88. The molecule has 0 bridgehead atoms. The van der Waals surface area contributed by atoms with Crippen molar-refractivity contribution in [2.24, 2.45) is 11.7 Å². The zero-order valence-electron chi connectivity index (χ0n) is 11.8. The van der Waals surface area contributed by atoms with E-state index in [4.69, 9.17) is 5.73 Å². The first-order valence-electron chi connectivity index (χ1n) is 7.10. The Bertz CT molecular complexity index is 374. The molecule has 2 rings (SSSR count). The maximum atomic E-state index is 5.99. The van der Waals surface area contributed by atoms with Gasteiger partial charge >= 0.3 is 0 Å². The van der Waals surface area contributed by atoms with E-state index in [9.17, 15) is 0 Å². The lowest BCUT2D eigenvalue weighted by Crippen LogP contribution is -2.40. The fraction of sp³-hybridized carbons (Fsp3) is 0.667. The summed E-state index contributed by atoms with van der Waals surface area (Å²) in [6, 6.07) is 4.93. The van der Waals surface area contributed by atoms with Crippen LogP contribution in [0.25, 0.3) is 0 Å². The highest BCUT2D eigenvalue weighted by Gasteiger charge is 2.23. The largest absolute Gasteiger partial charge is 0.368 e. The van der Waals surface area contributed by atoms with Crippen molar-refractivity contribution in [2.75, 3.05) is 11.4 Å². The molecular weight excluding hydrogens is 222 g/mol. The molecular formula is C15H25N3. The van der Waals surface area contributed by atoms with Crippen LogP contribution in [-0.4, -0.2) is 17.6 Å². The second kappa shape index (κ2) is 5.70. The second-order valence-electron chi connectivity index (χ2n) is 5.63. The molecule has 1 fully saturated rings. The predicted octanol–water partition coefficient (Wildman–Crippen LogP) is 3.12. The summed E-state index contributed by atoms with van der Waals surface area (Å²) in [4.78, 5) is 6.98. The summed E-state index contributed by atoms with van der Waals surface area (Å²) in [7, 11) is 0. The van der Waals surface area contributed by atoms with Crippen molar-refractivity contribution < 1.29 is 0 Å². The zero-order valence-corrected chi connectivity index (χ0v) is 11.8. The third kappa shape index (κ3) is 2.83. The van der Waals surface area contributed by atoms with Gasteiger partial charge in [-0.25, -0.2) is 0 Å². The van der Waals surface area contributed by atoms with Crippen LogP contribution < -0.4 is 10.6 Å². The van der Waals surface area contributed by atoms with Crippen molar-refractivity contribution in [3.63, 3.8) is 0 Å². The van der Waals surface area contributed by atoms with E-state index < -0.39 is 0 Å². The van der Waals surface area contributed by atoms with E-state index in [0.717, 1.165) is 24.6 Å². The molecule has 1 saturated heterocycles. The van der Waals surface area contributed by atoms with Crippen molar-refractivity contribution >= 4 is 5.69 Å². The van der Waals surface area contributed by atoms with Crippen LogP contribution in [0.3, 0.4) is 0 Å². The Morgan fingerprint density at radius 2 is 2.22 bits per heavy atom. The van der Waals surface area contributed by atoms with Gasteiger partial charge in [-0.3, -0.25) is 4.98 Å². The minimum atomic E-state index is 0.0675. The van der Waals surface area contributed by atoms with Crippen molar-refractivity contribution in [3.05, 3.63) is 24.0 Å². The fourth-order valence-electron chi connectivity index (χ4n) is 2.79. The maximum absolute atomic E-state index is 5.99. The number of anilines is 1. The molecule has 2 heterocycles. The molecule has 2 unspecified atom stereocenters. The quantitative estimate of drug-likeness (QED) is 0.892. The van der Waals surface area contributed by atoms with Gasteiger partial charge in [0.15, 0.2) is 0 Å². The van der Waals surface area contributed by atoms with E-state index in [0.29, 0.717) is 6.04 Å². The first kappa shape index (κ1) is 13.3. The van der Waals surface area contributed by atoms with Gasteiger partial charge in [0.1, 0.15) is 0 Å². The molecule has 1 aromatic heterocycles. The number of nitrogens with two attached hydrogens (primary N) is 1. The van der Waals surface area contributed by atoms with E-state index in [1.54, 1.807) is 0 Å². The monoisotopic (exact) mass is 247 g/mol. The predicted molar refractivity (Wildman–Crippen MR) is 76.7 cm³/mol. The van der Waals surface area contributed by atoms with Gasteiger partial charge in [0.2, 0.25) is 0 Å². The highest BCUT2D eigenvalue weighted by Crippen LogP contribution is 2.27. The molecule has 100 valence electrons. The average Bonchev–Trinajstić information content (AvgIpc) is 2.38. The number of piperidine rings is 1. The Labute approximate surface area is 110 Å². The Balaban J connectivity index is 2.09. The van der Waals surface area contributed by atoms with E-state index in [-0.39, 0.29) is 6.04 Å². The minimum absolute atomic E-state index is 0.0675. The smallest absolute Gasteiger partial charge is 0.0572 e. The van der Waals surface area contributed by atoms with Crippen LogP contribution in [0.15, 0.2) is 18.3 Å². The van der Waals surface area contributed by atoms with E-state index >= 15 is 0 Å². The van der Waals surface area contributed by atoms with Gasteiger partial charge in [0, 0.05) is 18.6 Å². The molecule has 0 radical (unpaired) electrons. The number of hydrogen-bond acceptors (Lipinski definition) is 3. The van der Waals surface area contributed by atoms with E-state index in [1.807, 2.05) is 6.20 Å². The summed E-state index contributed by atoms with van der Waals surface area (Å²) in [5, 5.41) is 0. The number of hydrogen-bond donors (Lipinski definition) is 1. The molecule has 3 atom stereocenters. The number of aromatic nitrogens is 1. The van der Waals surface area contributed by atoms with Gasteiger partial charge in [-0.15, -0.1) is 0 Å². The lowest BCUT2D eigenvalue weighted by molar-refractivity contribution is 0.377. The molecule has 3 nitrogen and oxygen atoms in total. The van der Waals surface area contributed by atoms with Gasteiger partial charge in [-0.2, -0.15) is 0 Å². The molecule has 0 saturated carbocycles. The number of rotatable bonds is 3. The third-order valence-electron chi connectivity index (χ3n) is 4.06. The molecule has 0 aromatic carbocycles. The van der Waals surface area contributed by atoms with Crippen LogP contribution in [0.1, 0.15) is 51.8 Å². The molecule has 0 amide bonds. The Kier molecular flexibility index (Phi) is 4.23. The topological polar surface area (TPSA) is 42.1 Å². The Hall–Kier alpha value is -1.09. The van der Waals surface area contributed by atoms with Crippen molar-refractivity contribution in [3.8, 4) is 0 Å². The average molecular weight is 247 g/mol. The van der Waals surface area contributed by atoms with Crippen molar-refractivity contribution in [2.45, 2.75) is 52.1 Å². The summed E-state index contributed by atoms with van der Waals surface area (Å²) < 4.78 is 0. The van der Waals surface area contributed by atoms with Gasteiger partial charge in [0.25, 0.3) is 0 Å². The minimum Gasteiger partial charge on any atom is -0.368 e. The molecule has 18 heavy (non-hydrogen) atoms. The van der Waals surface area contributed by atoms with Crippen molar-refractivity contribution in [1.29, 1.82) is 0 Å². The highest BCUT2D eigenvalue weighted by atomic mass is 15.2.